The molecule has 0 amide bonds. The van der Waals surface area contributed by atoms with Crippen molar-refractivity contribution in [2.45, 2.75) is 6.04 Å². The third-order valence-electron chi connectivity index (χ3n) is 3.08. The summed E-state index contributed by atoms with van der Waals surface area (Å²) in [4.78, 5) is 0. The first-order chi connectivity index (χ1) is 9.56. The summed E-state index contributed by atoms with van der Waals surface area (Å²) < 4.78 is 32.0. The van der Waals surface area contributed by atoms with Crippen LogP contribution in [0.2, 0.25) is 5.02 Å². The number of hydrogen-bond acceptors (Lipinski definition) is 2. The Morgan fingerprint density at radius 3 is 2.35 bits per heavy atom. The third kappa shape index (κ3) is 2.92. The second-order valence-electron chi connectivity index (χ2n) is 4.27. The zero-order valence-corrected chi connectivity index (χ0v) is 11.8. The summed E-state index contributed by atoms with van der Waals surface area (Å²) in [7, 11) is 3.23. The van der Waals surface area contributed by atoms with E-state index in [1.807, 2.05) is 0 Å². The van der Waals surface area contributed by atoms with Gasteiger partial charge in [-0.15, -0.1) is 0 Å². The van der Waals surface area contributed by atoms with Crippen molar-refractivity contribution >= 4 is 11.6 Å². The van der Waals surface area contributed by atoms with Crippen LogP contribution in [0.1, 0.15) is 17.2 Å². The highest BCUT2D eigenvalue weighted by Crippen LogP contribution is 2.32. The Morgan fingerprint density at radius 2 is 1.80 bits per heavy atom. The van der Waals surface area contributed by atoms with Crippen molar-refractivity contribution in [3.05, 3.63) is 64.2 Å². The first-order valence-corrected chi connectivity index (χ1v) is 6.40. The molecule has 0 saturated carbocycles. The Balaban J connectivity index is 2.47. The molecule has 2 rings (SSSR count). The van der Waals surface area contributed by atoms with Gasteiger partial charge >= 0.3 is 0 Å². The topological polar surface area (TPSA) is 21.3 Å². The maximum Gasteiger partial charge on any atom is 0.131 e. The highest BCUT2D eigenvalue weighted by atomic mass is 35.5. The van der Waals surface area contributed by atoms with Crippen LogP contribution >= 0.6 is 11.6 Å². The molecule has 20 heavy (non-hydrogen) atoms. The minimum Gasteiger partial charge on any atom is -0.497 e. The summed E-state index contributed by atoms with van der Waals surface area (Å²) in [6, 6.07) is 8.18. The fourth-order valence-electron chi connectivity index (χ4n) is 2.08. The molecule has 0 radical (unpaired) electrons. The van der Waals surface area contributed by atoms with Crippen LogP contribution in [0.4, 0.5) is 8.78 Å². The minimum atomic E-state index is -0.615. The van der Waals surface area contributed by atoms with E-state index >= 15 is 0 Å². The molecule has 0 aliphatic carbocycles. The summed E-state index contributed by atoms with van der Waals surface area (Å²) in [5.41, 5.74) is 1.03. The Labute approximate surface area is 121 Å². The van der Waals surface area contributed by atoms with Gasteiger partial charge in [0.05, 0.1) is 13.2 Å². The van der Waals surface area contributed by atoms with Gasteiger partial charge in [-0.25, -0.2) is 8.78 Å². The maximum atomic E-state index is 13.9. The van der Waals surface area contributed by atoms with Crippen LogP contribution in [0.15, 0.2) is 36.4 Å². The summed E-state index contributed by atoms with van der Waals surface area (Å²) in [5.74, 6) is -0.605. The highest BCUT2D eigenvalue weighted by Gasteiger charge is 2.19. The van der Waals surface area contributed by atoms with E-state index in [0.29, 0.717) is 21.9 Å². The molecule has 0 saturated heterocycles. The lowest BCUT2D eigenvalue weighted by Crippen LogP contribution is -2.19. The normalized spacial score (nSPS) is 12.2. The van der Waals surface area contributed by atoms with Crippen molar-refractivity contribution in [2.75, 3.05) is 14.2 Å². The molecule has 1 atom stereocenters. The molecule has 2 aromatic carbocycles. The van der Waals surface area contributed by atoms with Crippen molar-refractivity contribution in [1.82, 2.24) is 5.32 Å². The van der Waals surface area contributed by atoms with E-state index in [0.717, 1.165) is 6.07 Å². The molecule has 0 aromatic heterocycles. The molecule has 2 aromatic rings. The van der Waals surface area contributed by atoms with E-state index in [1.165, 1.54) is 12.1 Å². The van der Waals surface area contributed by atoms with E-state index < -0.39 is 17.7 Å². The number of halogens is 3. The van der Waals surface area contributed by atoms with E-state index in [9.17, 15) is 8.78 Å². The van der Waals surface area contributed by atoms with Gasteiger partial charge in [-0.05, 0) is 30.8 Å². The number of rotatable bonds is 4. The van der Waals surface area contributed by atoms with Crippen LogP contribution in [0.3, 0.4) is 0 Å². The number of hydrogen-bond donors (Lipinski definition) is 1. The van der Waals surface area contributed by atoms with Gasteiger partial charge in [0.1, 0.15) is 17.4 Å². The van der Waals surface area contributed by atoms with Gasteiger partial charge in [0, 0.05) is 16.7 Å². The Bertz CT molecular complexity index is 619. The zero-order valence-electron chi connectivity index (χ0n) is 11.1. The minimum absolute atomic E-state index is 0.334. The molecule has 0 heterocycles. The highest BCUT2D eigenvalue weighted by molar-refractivity contribution is 6.31. The zero-order chi connectivity index (χ0) is 14.7. The molecule has 2 nitrogen and oxygen atoms in total. The maximum absolute atomic E-state index is 13.9. The van der Waals surface area contributed by atoms with Crippen LogP contribution in [0.25, 0.3) is 0 Å². The fraction of sp³-hybridized carbons (Fsp3) is 0.200. The van der Waals surface area contributed by atoms with Crippen molar-refractivity contribution < 1.29 is 13.5 Å². The van der Waals surface area contributed by atoms with E-state index in [4.69, 9.17) is 16.3 Å². The van der Waals surface area contributed by atoms with Crippen molar-refractivity contribution in [3.63, 3.8) is 0 Å². The monoisotopic (exact) mass is 297 g/mol. The Morgan fingerprint density at radius 1 is 1.10 bits per heavy atom. The largest absolute Gasteiger partial charge is 0.497 e. The summed E-state index contributed by atoms with van der Waals surface area (Å²) in [6.45, 7) is 0. The van der Waals surface area contributed by atoms with Crippen LogP contribution < -0.4 is 10.1 Å². The van der Waals surface area contributed by atoms with Crippen molar-refractivity contribution in [2.24, 2.45) is 0 Å². The smallest absolute Gasteiger partial charge is 0.131 e. The number of nitrogens with one attached hydrogen (secondary N) is 1. The molecule has 0 spiro atoms. The van der Waals surface area contributed by atoms with Gasteiger partial charge in [0.15, 0.2) is 0 Å². The fourth-order valence-corrected chi connectivity index (χ4v) is 2.36. The van der Waals surface area contributed by atoms with Gasteiger partial charge in [-0.3, -0.25) is 0 Å². The van der Waals surface area contributed by atoms with Gasteiger partial charge in [0.25, 0.3) is 0 Å². The lowest BCUT2D eigenvalue weighted by atomic mass is 9.98. The molecule has 5 heteroatoms. The first kappa shape index (κ1) is 14.8. The quantitative estimate of drug-likeness (QED) is 0.923. The second-order valence-corrected chi connectivity index (χ2v) is 4.68. The second kappa shape index (κ2) is 6.20. The number of benzene rings is 2. The van der Waals surface area contributed by atoms with Crippen molar-refractivity contribution in [1.29, 1.82) is 0 Å². The van der Waals surface area contributed by atoms with Gasteiger partial charge in [-0.2, -0.15) is 0 Å². The van der Waals surface area contributed by atoms with Gasteiger partial charge < -0.3 is 10.1 Å². The van der Waals surface area contributed by atoms with E-state index in [-0.39, 0.29) is 0 Å². The lowest BCUT2D eigenvalue weighted by molar-refractivity contribution is 0.414. The summed E-state index contributed by atoms with van der Waals surface area (Å²) in [6.07, 6.45) is 0. The average Bonchev–Trinajstić information content (AvgIpc) is 2.43. The number of methoxy groups -OCH3 is 1. The molecule has 0 bridgehead atoms. The SMILES string of the molecule is CNC(c1ccc(F)cc1F)c1ccc(OC)cc1Cl. The predicted molar refractivity (Wildman–Crippen MR) is 75.3 cm³/mol. The molecule has 0 aliphatic rings. The molecule has 0 fully saturated rings. The molecule has 0 aliphatic heterocycles. The van der Waals surface area contributed by atoms with Crippen molar-refractivity contribution in [3.8, 4) is 5.75 Å². The predicted octanol–water partition coefficient (Wildman–Crippen LogP) is 3.94. The summed E-state index contributed by atoms with van der Waals surface area (Å²) >= 11 is 6.20. The van der Waals surface area contributed by atoms with Crippen LogP contribution in [-0.4, -0.2) is 14.2 Å². The molecule has 106 valence electrons. The molecular formula is C15H14ClF2NO. The van der Waals surface area contributed by atoms with Gasteiger partial charge in [-0.1, -0.05) is 23.7 Å². The molecule has 1 N–H and O–H groups in total. The van der Waals surface area contributed by atoms with Crippen LogP contribution in [0.5, 0.6) is 5.75 Å². The van der Waals surface area contributed by atoms with Crippen LogP contribution in [0, 0.1) is 11.6 Å². The summed E-state index contributed by atoms with van der Waals surface area (Å²) in [5, 5.41) is 3.44. The molecular weight excluding hydrogens is 284 g/mol. The first-order valence-electron chi connectivity index (χ1n) is 6.02. The molecule has 1 unspecified atom stereocenters. The van der Waals surface area contributed by atoms with Gasteiger partial charge in [0.2, 0.25) is 0 Å². The van der Waals surface area contributed by atoms with E-state index in [1.54, 1.807) is 32.4 Å². The standard InChI is InChI=1S/C15H14ClF2NO/c1-19-15(12-5-3-9(17)7-14(12)18)11-6-4-10(20-2)8-13(11)16/h3-8,15,19H,1-2H3. The average molecular weight is 298 g/mol. The Hall–Kier alpha value is -1.65. The Kier molecular flexibility index (Phi) is 4.57. The lowest BCUT2D eigenvalue weighted by Gasteiger charge is -2.19. The van der Waals surface area contributed by atoms with E-state index in [2.05, 4.69) is 5.32 Å². The number of ether oxygens (including phenoxy) is 1. The third-order valence-corrected chi connectivity index (χ3v) is 3.41. The van der Waals surface area contributed by atoms with Crippen LogP contribution in [-0.2, 0) is 0 Å².